The van der Waals surface area contributed by atoms with Gasteiger partial charge in [0.2, 0.25) is 0 Å². The van der Waals surface area contributed by atoms with Crippen LogP contribution in [-0.2, 0) is 17.8 Å². The number of nitrogens with zero attached hydrogens (tertiary/aromatic N) is 1. The fourth-order valence-electron chi connectivity index (χ4n) is 2.54. The van der Waals surface area contributed by atoms with Crippen molar-refractivity contribution in [3.63, 3.8) is 0 Å². The fraction of sp³-hybridized carbons (Fsp3) is 0.286. The molecule has 0 saturated heterocycles. The molecule has 4 heteroatoms. The molecule has 0 fully saturated rings. The zero-order chi connectivity index (χ0) is 27.2. The highest BCUT2D eigenvalue weighted by atomic mass is 16.5. The third kappa shape index (κ3) is 4.09. The topological polar surface area (TPSA) is 49.8 Å². The molecular weight excluding hydrogens is 314 g/mol. The number of rotatable bonds is 5. The molecule has 2 aromatic rings. The molecule has 0 bridgehead atoms. The van der Waals surface area contributed by atoms with E-state index in [0.29, 0.717) is 4.90 Å². The third-order valence-electron chi connectivity index (χ3n) is 3.61. The monoisotopic (exact) mass is 348 g/mol. The van der Waals surface area contributed by atoms with Crippen molar-refractivity contribution in [2.75, 3.05) is 20.5 Å². The molecule has 0 radical (unpaired) electrons. The first-order valence-corrected chi connectivity index (χ1v) is 7.58. The van der Waals surface area contributed by atoms with Crippen LogP contribution in [0.1, 0.15) is 43.8 Å². The van der Waals surface area contributed by atoms with Crippen molar-refractivity contribution in [2.24, 2.45) is 0 Å². The van der Waals surface area contributed by atoms with Gasteiger partial charge in [-0.15, -0.1) is 0 Å². The molecule has 0 aromatic heterocycles. The van der Waals surface area contributed by atoms with Gasteiger partial charge in [0.15, 0.2) is 0 Å². The Balaban J connectivity index is 2.28. The minimum Gasteiger partial charge on any atom is -0.488 e. The molecule has 2 aromatic carbocycles. The van der Waals surface area contributed by atoms with Crippen LogP contribution in [0, 0.1) is 0 Å². The lowest BCUT2D eigenvalue weighted by Gasteiger charge is -2.13. The van der Waals surface area contributed by atoms with Crippen molar-refractivity contribution in [2.45, 2.75) is 19.4 Å². The molecule has 1 aliphatic heterocycles. The zero-order valence-corrected chi connectivity index (χ0v) is 13.2. The van der Waals surface area contributed by atoms with E-state index in [9.17, 15) is 9.90 Å². The summed E-state index contributed by atoms with van der Waals surface area (Å²) in [4.78, 5) is 11.8. The van der Waals surface area contributed by atoms with Crippen molar-refractivity contribution < 1.29 is 29.7 Å². The number of aliphatic carboxylic acids is 1. The number of fused-ring (bicyclic) bond motifs is 2. The van der Waals surface area contributed by atoms with Gasteiger partial charge < -0.3 is 14.7 Å². The lowest BCUT2D eigenvalue weighted by atomic mass is 9.92. The quantitative estimate of drug-likeness (QED) is 0.897. The molecule has 1 heterocycles. The number of carbonyl (C=O) groups is 1. The molecule has 0 spiro atoms. The lowest BCUT2D eigenvalue weighted by molar-refractivity contribution is -0.136. The largest absolute Gasteiger partial charge is 0.488 e. The summed E-state index contributed by atoms with van der Waals surface area (Å²) in [7, 11) is 0. The van der Waals surface area contributed by atoms with Crippen LogP contribution in [0.15, 0.2) is 48.5 Å². The van der Waals surface area contributed by atoms with Gasteiger partial charge in [-0.2, -0.15) is 0 Å². The van der Waals surface area contributed by atoms with Gasteiger partial charge in [0.25, 0.3) is 0 Å². The molecule has 1 N–H and O–H groups in total. The molecule has 130 valence electrons. The maximum Gasteiger partial charge on any atom is 0.307 e. The van der Waals surface area contributed by atoms with E-state index in [-0.39, 0.29) is 34.2 Å². The first-order valence-electron chi connectivity index (χ1n) is 13.1. The minimum absolute atomic E-state index is 0.0288. The van der Waals surface area contributed by atoms with Crippen LogP contribution in [-0.4, -0.2) is 36.5 Å². The predicted octanol–water partition coefficient (Wildman–Crippen LogP) is 3.59. The van der Waals surface area contributed by atoms with Gasteiger partial charge in [0, 0.05) is 20.3 Å². The zero-order valence-electron chi connectivity index (χ0n) is 24.2. The summed E-state index contributed by atoms with van der Waals surface area (Å²) in [5, 5.41) is 9.28. The normalized spacial score (nSPS) is 24.0. The van der Waals surface area contributed by atoms with Crippen LogP contribution < -0.4 is 4.74 Å². The van der Waals surface area contributed by atoms with E-state index < -0.39 is 63.3 Å². The smallest absolute Gasteiger partial charge is 0.307 e. The van der Waals surface area contributed by atoms with E-state index >= 15 is 0 Å². The number of carboxylic acid groups (broad SMARTS) is 1. The Labute approximate surface area is 163 Å². The van der Waals surface area contributed by atoms with E-state index in [1.54, 1.807) is 12.1 Å². The summed E-state index contributed by atoms with van der Waals surface area (Å²) < 4.78 is 92.9. The van der Waals surface area contributed by atoms with Gasteiger partial charge in [-0.1, -0.05) is 36.4 Å². The highest BCUT2D eigenvalue weighted by Gasteiger charge is 2.19. The minimum atomic E-state index is -2.92. The maximum atomic E-state index is 11.4. The van der Waals surface area contributed by atoms with Crippen LogP contribution in [0.25, 0.3) is 5.57 Å². The van der Waals surface area contributed by atoms with Crippen molar-refractivity contribution in [1.29, 1.82) is 0 Å². The second-order valence-electron chi connectivity index (χ2n) is 5.44. The Morgan fingerprint density at radius 2 is 2.24 bits per heavy atom. The Morgan fingerprint density at radius 3 is 3.04 bits per heavy atom. The maximum absolute atomic E-state index is 11.4. The third-order valence-corrected chi connectivity index (χ3v) is 3.61. The number of carboxylic acids is 1. The van der Waals surface area contributed by atoms with Gasteiger partial charge >= 0.3 is 5.97 Å². The van der Waals surface area contributed by atoms with Gasteiger partial charge in [0.05, 0.1) is 13.3 Å². The van der Waals surface area contributed by atoms with Crippen LogP contribution >= 0.6 is 0 Å². The summed E-state index contributed by atoms with van der Waals surface area (Å²) in [5.41, 5.74) is 0.00868. The number of hydrogen-bond acceptors (Lipinski definition) is 3. The highest BCUT2D eigenvalue weighted by Crippen LogP contribution is 2.37. The average molecular weight is 348 g/mol. The Morgan fingerprint density at radius 1 is 1.40 bits per heavy atom. The number of ether oxygens (including phenoxy) is 1. The van der Waals surface area contributed by atoms with Crippen molar-refractivity contribution in [1.82, 2.24) is 4.90 Å². The molecule has 1 aliphatic rings. The van der Waals surface area contributed by atoms with Gasteiger partial charge in [-0.3, -0.25) is 4.79 Å². The second kappa shape index (κ2) is 7.53. The Hall–Kier alpha value is -2.59. The lowest BCUT2D eigenvalue weighted by Crippen LogP contribution is -2.12. The Kier molecular flexibility index (Phi) is 2.47. The molecule has 0 atom stereocenters. The summed E-state index contributed by atoms with van der Waals surface area (Å²) in [6.45, 7) is -8.78. The van der Waals surface area contributed by atoms with E-state index in [4.69, 9.17) is 19.8 Å². The molecule has 0 saturated carbocycles. The molecule has 25 heavy (non-hydrogen) atoms. The standard InChI is InChI=1S/C21H23NO3/c1-22(2)11-5-8-18-17-7-4-3-6-16(17)14-25-20-10-9-15(12-19(18)20)13-21(23)24/h3-4,6-10,12H,5,11,13-14H2,1-2H3,(H,23,24)/b18-8+/i1D3,2D3,9D,10D,12D,14D2. The Bertz CT molecular complexity index is 1210. The van der Waals surface area contributed by atoms with Crippen LogP contribution in [0.5, 0.6) is 5.75 Å². The van der Waals surface area contributed by atoms with E-state index in [1.165, 1.54) is 18.2 Å². The first-order chi connectivity index (χ1) is 16.5. The number of hydrogen-bond donors (Lipinski definition) is 1. The fourth-order valence-corrected chi connectivity index (χ4v) is 2.54. The second-order valence-corrected chi connectivity index (χ2v) is 5.44. The molecule has 0 aliphatic carbocycles. The molecule has 4 nitrogen and oxygen atoms in total. The first kappa shape index (κ1) is 8.19. The SMILES string of the molecule is [2H]c1c([2H])c2c(c([2H])c1CC(=O)O)/C(=C/CCN(C([2H])([2H])[2H])C([2H])([2H])[2H])c1ccccc1C([2H])([2H])O2. The van der Waals surface area contributed by atoms with Crippen molar-refractivity contribution in [3.8, 4) is 5.75 Å². The molecule has 0 unspecified atom stereocenters. The summed E-state index contributed by atoms with van der Waals surface area (Å²) in [5.74, 6) is -1.77. The predicted molar refractivity (Wildman–Crippen MR) is 98.8 cm³/mol. The molecular formula is C21H23NO3. The van der Waals surface area contributed by atoms with Gasteiger partial charge in [0.1, 0.15) is 12.3 Å². The van der Waals surface area contributed by atoms with Gasteiger partial charge in [-0.25, -0.2) is 0 Å². The van der Waals surface area contributed by atoms with Crippen LogP contribution in [0.3, 0.4) is 0 Å². The average Bonchev–Trinajstić information content (AvgIpc) is 2.83. The summed E-state index contributed by atoms with van der Waals surface area (Å²) in [6, 6.07) is 4.46. The highest BCUT2D eigenvalue weighted by molar-refractivity contribution is 5.85. The van der Waals surface area contributed by atoms with Gasteiger partial charge in [-0.05, 0) is 54.7 Å². The number of benzene rings is 2. The van der Waals surface area contributed by atoms with Crippen LogP contribution in [0.2, 0.25) is 0 Å². The molecule has 0 amide bonds. The van der Waals surface area contributed by atoms with Crippen molar-refractivity contribution >= 4 is 11.5 Å². The van der Waals surface area contributed by atoms with Crippen molar-refractivity contribution in [3.05, 3.63) is 70.7 Å². The summed E-state index contributed by atoms with van der Waals surface area (Å²) >= 11 is 0. The summed E-state index contributed by atoms with van der Waals surface area (Å²) in [6.07, 6.45) is 0.523. The molecule has 3 rings (SSSR count). The van der Waals surface area contributed by atoms with E-state index in [2.05, 4.69) is 0 Å². The van der Waals surface area contributed by atoms with Crippen LogP contribution in [0.4, 0.5) is 0 Å². The van der Waals surface area contributed by atoms with E-state index in [1.807, 2.05) is 0 Å². The van der Waals surface area contributed by atoms with E-state index in [0.717, 1.165) is 0 Å².